The molecule has 0 saturated carbocycles. The molecule has 1 heterocycles. The zero-order valence-corrected chi connectivity index (χ0v) is 14.6. The number of halogens is 3. The molecule has 2 aromatic carbocycles. The summed E-state index contributed by atoms with van der Waals surface area (Å²) in [6.07, 6.45) is -1.49. The van der Waals surface area contributed by atoms with Gasteiger partial charge in [0, 0.05) is 23.3 Å². The molecule has 0 spiro atoms. The fourth-order valence-corrected chi connectivity index (χ4v) is 2.67. The van der Waals surface area contributed by atoms with E-state index in [1.165, 1.54) is 35.2 Å². The average molecular weight is 385 g/mol. The summed E-state index contributed by atoms with van der Waals surface area (Å²) < 4.78 is 40.5. The Bertz CT molecular complexity index is 985. The monoisotopic (exact) mass is 385 g/mol. The maximum absolute atomic E-state index is 13.0. The van der Waals surface area contributed by atoms with Gasteiger partial charge in [0.05, 0.1) is 11.3 Å². The first-order valence-electron chi connectivity index (χ1n) is 8.39. The zero-order chi connectivity index (χ0) is 20.1. The molecule has 4 nitrogen and oxygen atoms in total. The van der Waals surface area contributed by atoms with E-state index in [0.29, 0.717) is 11.1 Å². The Kier molecular flexibility index (Phi) is 5.54. The maximum atomic E-state index is 13.0. The van der Waals surface area contributed by atoms with Gasteiger partial charge < -0.3 is 5.32 Å². The van der Waals surface area contributed by atoms with Crippen LogP contribution in [-0.2, 0) is 17.5 Å². The highest BCUT2D eigenvalue weighted by Crippen LogP contribution is 2.34. The number of pyridine rings is 1. The van der Waals surface area contributed by atoms with Crippen LogP contribution in [0.2, 0.25) is 0 Å². The number of carbonyl (C=O) groups is 2. The van der Waals surface area contributed by atoms with Crippen LogP contribution in [0.3, 0.4) is 0 Å². The number of aromatic nitrogens is 1. The van der Waals surface area contributed by atoms with Gasteiger partial charge in [0.25, 0.3) is 5.91 Å². The van der Waals surface area contributed by atoms with Crippen LogP contribution in [-0.4, -0.2) is 11.7 Å². The standard InChI is InChI=1S/C21H15F3N2O2/c22-21(23,24)17-8-4-5-9-18(17)25-19(27)14-26-12-10-16(11-13-26)20(28)15-6-2-1-3-7-15/h1-13H,14H2/p+1. The molecule has 0 bridgehead atoms. The van der Waals surface area contributed by atoms with Crippen molar-refractivity contribution in [1.29, 1.82) is 0 Å². The lowest BCUT2D eigenvalue weighted by molar-refractivity contribution is -0.684. The van der Waals surface area contributed by atoms with Crippen molar-refractivity contribution in [3.8, 4) is 0 Å². The van der Waals surface area contributed by atoms with Crippen molar-refractivity contribution < 1.29 is 27.3 Å². The number of hydrogen-bond acceptors (Lipinski definition) is 2. The predicted octanol–water partition coefficient (Wildman–Crippen LogP) is 3.86. The second-order valence-corrected chi connectivity index (χ2v) is 6.05. The number of nitrogens with zero attached hydrogens (tertiary/aromatic N) is 1. The Morgan fingerprint density at radius 3 is 2.04 bits per heavy atom. The largest absolute Gasteiger partial charge is 0.418 e. The molecule has 28 heavy (non-hydrogen) atoms. The number of ketones is 1. The fraction of sp³-hybridized carbons (Fsp3) is 0.0952. The summed E-state index contributed by atoms with van der Waals surface area (Å²) in [4.78, 5) is 24.5. The molecule has 1 amide bonds. The Morgan fingerprint density at radius 2 is 1.39 bits per heavy atom. The summed E-state index contributed by atoms with van der Waals surface area (Å²) in [6, 6.07) is 16.7. The lowest BCUT2D eigenvalue weighted by Crippen LogP contribution is -2.40. The van der Waals surface area contributed by atoms with E-state index in [4.69, 9.17) is 0 Å². The fourth-order valence-electron chi connectivity index (χ4n) is 2.67. The third-order valence-electron chi connectivity index (χ3n) is 4.02. The van der Waals surface area contributed by atoms with E-state index in [1.807, 2.05) is 6.07 Å². The number of nitrogens with one attached hydrogen (secondary N) is 1. The molecule has 142 valence electrons. The zero-order valence-electron chi connectivity index (χ0n) is 14.6. The molecule has 0 aliphatic carbocycles. The Morgan fingerprint density at radius 1 is 0.821 bits per heavy atom. The van der Waals surface area contributed by atoms with Crippen LogP contribution in [0.15, 0.2) is 79.1 Å². The smallest absolute Gasteiger partial charge is 0.320 e. The number of amides is 1. The van der Waals surface area contributed by atoms with Gasteiger partial charge in [-0.15, -0.1) is 0 Å². The van der Waals surface area contributed by atoms with Crippen molar-refractivity contribution in [3.63, 3.8) is 0 Å². The van der Waals surface area contributed by atoms with Gasteiger partial charge in [-0.2, -0.15) is 17.7 Å². The molecule has 3 rings (SSSR count). The number of carbonyl (C=O) groups excluding carboxylic acids is 2. The number of benzene rings is 2. The SMILES string of the molecule is O=C(C[n+]1ccc(C(=O)c2ccccc2)cc1)Nc1ccccc1C(F)(F)F. The first-order chi connectivity index (χ1) is 13.3. The van der Waals surface area contributed by atoms with Crippen molar-refractivity contribution in [3.05, 3.63) is 95.8 Å². The van der Waals surface area contributed by atoms with Crippen LogP contribution < -0.4 is 9.88 Å². The summed E-state index contributed by atoms with van der Waals surface area (Å²) in [6.45, 7) is -0.188. The normalized spacial score (nSPS) is 11.1. The second-order valence-electron chi connectivity index (χ2n) is 6.05. The average Bonchev–Trinajstić information content (AvgIpc) is 2.68. The second kappa shape index (κ2) is 8.04. The van der Waals surface area contributed by atoms with E-state index < -0.39 is 17.6 Å². The van der Waals surface area contributed by atoms with Crippen LogP contribution in [0.4, 0.5) is 18.9 Å². The summed E-state index contributed by atoms with van der Waals surface area (Å²) >= 11 is 0. The highest BCUT2D eigenvalue weighted by atomic mass is 19.4. The lowest BCUT2D eigenvalue weighted by Gasteiger charge is -2.12. The minimum atomic E-state index is -4.56. The van der Waals surface area contributed by atoms with E-state index in [9.17, 15) is 22.8 Å². The van der Waals surface area contributed by atoms with Crippen LogP contribution in [0.25, 0.3) is 0 Å². The molecule has 1 N–H and O–H groups in total. The molecule has 3 aromatic rings. The quantitative estimate of drug-likeness (QED) is 0.536. The molecular weight excluding hydrogens is 369 g/mol. The Labute approximate surface area is 159 Å². The minimum Gasteiger partial charge on any atom is -0.320 e. The third kappa shape index (κ3) is 4.62. The van der Waals surface area contributed by atoms with Crippen molar-refractivity contribution >= 4 is 17.4 Å². The summed E-state index contributed by atoms with van der Waals surface area (Å²) in [5.74, 6) is -0.764. The third-order valence-corrected chi connectivity index (χ3v) is 4.02. The Balaban J connectivity index is 1.68. The summed E-state index contributed by atoms with van der Waals surface area (Å²) in [7, 11) is 0. The van der Waals surface area contributed by atoms with Gasteiger partial charge in [-0.25, -0.2) is 0 Å². The van der Waals surface area contributed by atoms with Crippen molar-refractivity contribution in [2.45, 2.75) is 12.7 Å². The molecule has 0 aliphatic rings. The van der Waals surface area contributed by atoms with Crippen LogP contribution in [0.5, 0.6) is 0 Å². The van der Waals surface area contributed by atoms with E-state index in [0.717, 1.165) is 6.07 Å². The predicted molar refractivity (Wildman–Crippen MR) is 96.6 cm³/mol. The van der Waals surface area contributed by atoms with Crippen LogP contribution in [0.1, 0.15) is 21.5 Å². The minimum absolute atomic E-state index is 0.156. The first-order valence-corrected chi connectivity index (χ1v) is 8.39. The van der Waals surface area contributed by atoms with E-state index in [1.54, 1.807) is 36.4 Å². The van der Waals surface area contributed by atoms with E-state index in [-0.39, 0.29) is 18.0 Å². The number of anilines is 1. The van der Waals surface area contributed by atoms with Gasteiger partial charge in [0.1, 0.15) is 0 Å². The Hall–Kier alpha value is -3.48. The first kappa shape index (κ1) is 19.3. The summed E-state index contributed by atoms with van der Waals surface area (Å²) in [5.41, 5.74) is -0.208. The van der Waals surface area contributed by atoms with Gasteiger partial charge in [-0.3, -0.25) is 9.59 Å². The topological polar surface area (TPSA) is 50.0 Å². The molecule has 7 heteroatoms. The molecule has 0 fully saturated rings. The number of rotatable bonds is 5. The molecule has 0 saturated heterocycles. The highest BCUT2D eigenvalue weighted by molar-refractivity contribution is 6.08. The van der Waals surface area contributed by atoms with Crippen molar-refractivity contribution in [2.75, 3.05) is 5.32 Å². The number of hydrogen-bond donors (Lipinski definition) is 1. The van der Waals surface area contributed by atoms with E-state index >= 15 is 0 Å². The lowest BCUT2D eigenvalue weighted by atomic mass is 10.0. The summed E-state index contributed by atoms with van der Waals surface area (Å²) in [5, 5.41) is 2.28. The van der Waals surface area contributed by atoms with Crippen molar-refractivity contribution in [1.82, 2.24) is 0 Å². The van der Waals surface area contributed by atoms with Crippen LogP contribution in [0, 0.1) is 0 Å². The number of para-hydroxylation sites is 1. The van der Waals surface area contributed by atoms with Gasteiger partial charge in [0.15, 0.2) is 18.2 Å². The molecular formula is C21H16F3N2O2+. The molecule has 0 aliphatic heterocycles. The number of alkyl halides is 3. The van der Waals surface area contributed by atoms with Gasteiger partial charge >= 0.3 is 6.18 Å². The van der Waals surface area contributed by atoms with Crippen LogP contribution >= 0.6 is 0 Å². The maximum Gasteiger partial charge on any atom is 0.418 e. The van der Waals surface area contributed by atoms with Gasteiger partial charge in [0.2, 0.25) is 6.54 Å². The molecule has 0 unspecified atom stereocenters. The van der Waals surface area contributed by atoms with Crippen molar-refractivity contribution in [2.24, 2.45) is 0 Å². The highest BCUT2D eigenvalue weighted by Gasteiger charge is 2.33. The molecule has 0 atom stereocenters. The van der Waals surface area contributed by atoms with E-state index in [2.05, 4.69) is 5.32 Å². The molecule has 0 radical (unpaired) electrons. The van der Waals surface area contributed by atoms with Gasteiger partial charge in [-0.1, -0.05) is 42.5 Å². The van der Waals surface area contributed by atoms with Gasteiger partial charge in [-0.05, 0) is 12.1 Å². The molecule has 1 aromatic heterocycles.